The highest BCUT2D eigenvalue weighted by Crippen LogP contribution is 2.23. The van der Waals surface area contributed by atoms with Crippen molar-refractivity contribution in [2.45, 2.75) is 13.3 Å². The van der Waals surface area contributed by atoms with Crippen molar-refractivity contribution < 1.29 is 19.4 Å². The van der Waals surface area contributed by atoms with Crippen molar-refractivity contribution in [1.29, 1.82) is 0 Å². The minimum absolute atomic E-state index is 0.0321. The third kappa shape index (κ3) is 5.07. The molecular weight excluding hydrogens is 260 g/mol. The van der Waals surface area contributed by atoms with Crippen LogP contribution in [-0.4, -0.2) is 44.6 Å². The number of rotatable bonds is 9. The van der Waals surface area contributed by atoms with E-state index in [9.17, 15) is 0 Å². The van der Waals surface area contributed by atoms with Gasteiger partial charge >= 0.3 is 0 Å². The van der Waals surface area contributed by atoms with Gasteiger partial charge in [-0.1, -0.05) is 17.3 Å². The monoisotopic (exact) mass is 282 g/mol. The van der Waals surface area contributed by atoms with Gasteiger partial charge in [0, 0.05) is 20.3 Å². The summed E-state index contributed by atoms with van der Waals surface area (Å²) in [5, 5.41) is 11.8. The Kier molecular flexibility index (Phi) is 7.46. The van der Waals surface area contributed by atoms with Crippen LogP contribution in [0.2, 0.25) is 0 Å². The highest BCUT2D eigenvalue weighted by atomic mass is 16.5. The summed E-state index contributed by atoms with van der Waals surface area (Å²) in [6.45, 7) is 4.12. The molecule has 0 saturated heterocycles. The SMILES string of the molecule is COCCCOCCOc1c(C)cccc1/C(N)=N/O. The van der Waals surface area contributed by atoms with Crippen LogP contribution in [0.25, 0.3) is 0 Å². The number of benzene rings is 1. The summed E-state index contributed by atoms with van der Waals surface area (Å²) in [7, 11) is 1.66. The van der Waals surface area contributed by atoms with Crippen LogP contribution in [0.3, 0.4) is 0 Å². The van der Waals surface area contributed by atoms with Crippen molar-refractivity contribution in [3.05, 3.63) is 29.3 Å². The Morgan fingerprint density at radius 1 is 1.25 bits per heavy atom. The molecule has 3 N–H and O–H groups in total. The number of ether oxygens (including phenoxy) is 3. The molecule has 0 radical (unpaired) electrons. The molecule has 112 valence electrons. The molecule has 6 heteroatoms. The van der Waals surface area contributed by atoms with Crippen molar-refractivity contribution in [3.63, 3.8) is 0 Å². The average Bonchev–Trinajstić information content (AvgIpc) is 2.46. The fourth-order valence-corrected chi connectivity index (χ4v) is 1.71. The number of hydrogen-bond acceptors (Lipinski definition) is 5. The van der Waals surface area contributed by atoms with E-state index in [1.807, 2.05) is 19.1 Å². The van der Waals surface area contributed by atoms with Gasteiger partial charge in [-0.25, -0.2) is 0 Å². The molecule has 0 heterocycles. The number of methoxy groups -OCH3 is 1. The van der Waals surface area contributed by atoms with Gasteiger partial charge in [-0.05, 0) is 25.0 Å². The summed E-state index contributed by atoms with van der Waals surface area (Å²) < 4.78 is 16.0. The van der Waals surface area contributed by atoms with Crippen LogP contribution in [0.1, 0.15) is 17.5 Å². The first-order chi connectivity index (χ1) is 9.70. The predicted octanol–water partition coefficient (Wildman–Crippen LogP) is 1.52. The van der Waals surface area contributed by atoms with Gasteiger partial charge in [0.05, 0.1) is 12.2 Å². The van der Waals surface area contributed by atoms with E-state index in [2.05, 4.69) is 5.16 Å². The van der Waals surface area contributed by atoms with Crippen molar-refractivity contribution in [3.8, 4) is 5.75 Å². The fourth-order valence-electron chi connectivity index (χ4n) is 1.71. The maximum absolute atomic E-state index is 8.77. The molecule has 0 amide bonds. The zero-order valence-corrected chi connectivity index (χ0v) is 12.0. The molecule has 0 unspecified atom stereocenters. The standard InChI is InChI=1S/C14H22N2O4/c1-11-5-3-6-12(14(15)16-17)13(11)20-10-9-19-8-4-7-18-2/h3,5-6,17H,4,7-10H2,1-2H3,(H2,15,16). The molecule has 0 saturated carbocycles. The molecule has 1 aromatic rings. The Morgan fingerprint density at radius 3 is 2.75 bits per heavy atom. The van der Waals surface area contributed by atoms with Gasteiger partial charge in [-0.3, -0.25) is 0 Å². The van der Waals surface area contributed by atoms with Crippen LogP contribution in [0, 0.1) is 6.92 Å². The molecule has 0 spiro atoms. The number of nitrogens with zero attached hydrogens (tertiary/aromatic N) is 1. The molecule has 20 heavy (non-hydrogen) atoms. The topological polar surface area (TPSA) is 86.3 Å². The summed E-state index contributed by atoms with van der Waals surface area (Å²) in [6, 6.07) is 5.48. The van der Waals surface area contributed by atoms with Crippen LogP contribution >= 0.6 is 0 Å². The van der Waals surface area contributed by atoms with Gasteiger partial charge in [0.1, 0.15) is 12.4 Å². The molecule has 0 atom stereocenters. The van der Waals surface area contributed by atoms with E-state index < -0.39 is 0 Å². The molecule has 0 aliphatic carbocycles. The van der Waals surface area contributed by atoms with Crippen molar-refractivity contribution in [1.82, 2.24) is 0 Å². The second-order valence-electron chi connectivity index (χ2n) is 4.24. The van der Waals surface area contributed by atoms with Crippen LogP contribution in [0.5, 0.6) is 5.75 Å². The van der Waals surface area contributed by atoms with Crippen LogP contribution in [0.15, 0.2) is 23.4 Å². The summed E-state index contributed by atoms with van der Waals surface area (Å²) in [4.78, 5) is 0. The number of aryl methyl sites for hydroxylation is 1. The van der Waals surface area contributed by atoms with E-state index >= 15 is 0 Å². The van der Waals surface area contributed by atoms with E-state index in [4.69, 9.17) is 25.2 Å². The summed E-state index contributed by atoms with van der Waals surface area (Å²) in [5.41, 5.74) is 7.12. The molecule has 1 rings (SSSR count). The third-order valence-electron chi connectivity index (χ3n) is 2.71. The van der Waals surface area contributed by atoms with Gasteiger partial charge in [0.15, 0.2) is 5.84 Å². The lowest BCUT2D eigenvalue weighted by atomic mass is 10.1. The van der Waals surface area contributed by atoms with E-state index in [-0.39, 0.29) is 5.84 Å². The number of oxime groups is 1. The normalized spacial score (nSPS) is 11.6. The first-order valence-electron chi connectivity index (χ1n) is 6.47. The highest BCUT2D eigenvalue weighted by molar-refractivity contribution is 5.99. The fraction of sp³-hybridized carbons (Fsp3) is 0.500. The molecule has 0 aromatic heterocycles. The Labute approximate surface area is 119 Å². The maximum Gasteiger partial charge on any atom is 0.173 e. The third-order valence-corrected chi connectivity index (χ3v) is 2.71. The Bertz CT molecular complexity index is 435. The number of para-hydroxylation sites is 1. The highest BCUT2D eigenvalue weighted by Gasteiger charge is 2.10. The van der Waals surface area contributed by atoms with Gasteiger partial charge in [0.2, 0.25) is 0 Å². The van der Waals surface area contributed by atoms with Crippen molar-refractivity contribution >= 4 is 5.84 Å². The minimum atomic E-state index is 0.0321. The van der Waals surface area contributed by atoms with E-state index in [1.165, 1.54) is 0 Å². The Morgan fingerprint density at radius 2 is 2.05 bits per heavy atom. The maximum atomic E-state index is 8.77. The predicted molar refractivity (Wildman–Crippen MR) is 76.5 cm³/mol. The summed E-state index contributed by atoms with van der Waals surface area (Å²) in [6.07, 6.45) is 0.857. The van der Waals surface area contributed by atoms with Crippen molar-refractivity contribution in [2.75, 3.05) is 33.5 Å². The Hall–Kier alpha value is -1.79. The number of hydrogen-bond donors (Lipinski definition) is 2. The molecule has 0 aliphatic rings. The van der Waals surface area contributed by atoms with Crippen LogP contribution < -0.4 is 10.5 Å². The summed E-state index contributed by atoms with van der Waals surface area (Å²) >= 11 is 0. The average molecular weight is 282 g/mol. The zero-order chi connectivity index (χ0) is 14.8. The molecular formula is C14H22N2O4. The second-order valence-corrected chi connectivity index (χ2v) is 4.24. The molecule has 6 nitrogen and oxygen atoms in total. The van der Waals surface area contributed by atoms with Crippen LogP contribution in [0.4, 0.5) is 0 Å². The van der Waals surface area contributed by atoms with Crippen molar-refractivity contribution in [2.24, 2.45) is 10.9 Å². The molecule has 0 bridgehead atoms. The van der Waals surface area contributed by atoms with Crippen LogP contribution in [-0.2, 0) is 9.47 Å². The smallest absolute Gasteiger partial charge is 0.173 e. The quantitative estimate of drug-likeness (QED) is 0.236. The second kappa shape index (κ2) is 9.17. The van der Waals surface area contributed by atoms with Gasteiger partial charge in [-0.15, -0.1) is 0 Å². The van der Waals surface area contributed by atoms with Gasteiger partial charge in [0.25, 0.3) is 0 Å². The molecule has 0 aliphatic heterocycles. The molecule has 1 aromatic carbocycles. The number of amidine groups is 1. The van der Waals surface area contributed by atoms with E-state index in [0.29, 0.717) is 37.7 Å². The first kappa shape index (κ1) is 16.3. The number of nitrogens with two attached hydrogens (primary N) is 1. The molecule has 0 fully saturated rings. The minimum Gasteiger partial charge on any atom is -0.490 e. The lowest BCUT2D eigenvalue weighted by molar-refractivity contribution is 0.0804. The Balaban J connectivity index is 2.47. The largest absolute Gasteiger partial charge is 0.490 e. The first-order valence-corrected chi connectivity index (χ1v) is 6.47. The van der Waals surface area contributed by atoms with E-state index in [0.717, 1.165) is 12.0 Å². The van der Waals surface area contributed by atoms with E-state index in [1.54, 1.807) is 13.2 Å². The zero-order valence-electron chi connectivity index (χ0n) is 12.0. The lowest BCUT2D eigenvalue weighted by Gasteiger charge is -2.13. The summed E-state index contributed by atoms with van der Waals surface area (Å²) in [5.74, 6) is 0.646. The van der Waals surface area contributed by atoms with Gasteiger partial charge < -0.3 is 25.2 Å². The lowest BCUT2D eigenvalue weighted by Crippen LogP contribution is -2.17. The van der Waals surface area contributed by atoms with Gasteiger partial charge in [-0.2, -0.15) is 0 Å².